The van der Waals surface area contributed by atoms with Gasteiger partial charge >= 0.3 is 0 Å². The van der Waals surface area contributed by atoms with E-state index in [0.717, 1.165) is 51.2 Å². The topological polar surface area (TPSA) is 9.72 Å². The lowest BCUT2D eigenvalue weighted by Gasteiger charge is -2.26. The SMILES string of the molecule is c1ccc(N(c2ccccc2)c2ccc(-c3ccc(-c4ccc(N(c5ccc(-c6ccc(-c7ccc(N(c8ccccc8)c8ccccc8)cc7)cc6)cc5)c5ccc6ccccc6c5)cc4)cc3)cc2)cc1. The largest absolute Gasteiger partial charge is 0.311 e. The van der Waals surface area contributed by atoms with E-state index >= 15 is 0 Å². The molecular weight excluding hydrogens is 883 g/mol. The number of hydrogen-bond donors (Lipinski definition) is 0. The Morgan fingerprint density at radius 1 is 0.137 bits per heavy atom. The Balaban J connectivity index is 0.778. The number of hydrogen-bond acceptors (Lipinski definition) is 3. The highest BCUT2D eigenvalue weighted by molar-refractivity contribution is 5.90. The maximum Gasteiger partial charge on any atom is 0.0468 e. The normalized spacial score (nSPS) is 11.0. The molecule has 3 heteroatoms. The molecule has 73 heavy (non-hydrogen) atoms. The Kier molecular flexibility index (Phi) is 12.4. The van der Waals surface area contributed by atoms with Crippen molar-refractivity contribution in [3.05, 3.63) is 309 Å². The molecule has 0 unspecified atom stereocenters. The summed E-state index contributed by atoms with van der Waals surface area (Å²) < 4.78 is 0. The molecule has 12 aromatic rings. The van der Waals surface area contributed by atoms with Crippen molar-refractivity contribution in [3.63, 3.8) is 0 Å². The van der Waals surface area contributed by atoms with E-state index in [-0.39, 0.29) is 0 Å². The molecule has 12 aromatic carbocycles. The Morgan fingerprint density at radius 2 is 0.329 bits per heavy atom. The van der Waals surface area contributed by atoms with Crippen LogP contribution in [0.2, 0.25) is 0 Å². The molecule has 346 valence electrons. The summed E-state index contributed by atoms with van der Waals surface area (Å²) in [5.41, 5.74) is 19.4. The van der Waals surface area contributed by atoms with E-state index in [1.807, 2.05) is 0 Å². The highest BCUT2D eigenvalue weighted by Crippen LogP contribution is 2.41. The Hall–Kier alpha value is -9.70. The first-order valence-electron chi connectivity index (χ1n) is 24.9. The minimum atomic E-state index is 1.09. The maximum atomic E-state index is 2.35. The Labute approximate surface area is 428 Å². The average Bonchev–Trinajstić information content (AvgIpc) is 3.47. The van der Waals surface area contributed by atoms with Crippen molar-refractivity contribution in [1.29, 1.82) is 0 Å². The zero-order chi connectivity index (χ0) is 48.8. The van der Waals surface area contributed by atoms with Gasteiger partial charge in [-0.3, -0.25) is 0 Å². The van der Waals surface area contributed by atoms with Gasteiger partial charge in [0, 0.05) is 51.2 Å². The minimum Gasteiger partial charge on any atom is -0.311 e. The molecule has 3 nitrogen and oxygen atoms in total. The van der Waals surface area contributed by atoms with Crippen molar-refractivity contribution in [2.45, 2.75) is 0 Å². The first-order chi connectivity index (χ1) is 36.2. The molecule has 0 atom stereocenters. The van der Waals surface area contributed by atoms with E-state index in [4.69, 9.17) is 0 Å². The molecule has 0 aliphatic heterocycles. The Morgan fingerprint density at radius 3 is 0.603 bits per heavy atom. The first kappa shape index (κ1) is 44.5. The third-order valence-electron chi connectivity index (χ3n) is 13.7. The minimum absolute atomic E-state index is 1.09. The molecule has 0 radical (unpaired) electrons. The molecule has 0 saturated carbocycles. The van der Waals surface area contributed by atoms with Crippen LogP contribution in [0.4, 0.5) is 51.2 Å². The standard InChI is InChI=1S/C70H51N3/c1-5-17-62(18-6-1)71(63-19-7-2-8-20-63)66-42-33-57(34-43-66)53-25-29-55(30-26-53)59-37-46-68(47-38-59)73(70-50-41-52-15-13-14-16-61(52)51-70)69-48-39-60(40-49-69)56-31-27-54(28-32-56)58-35-44-67(45-36-58)72(64-21-9-3-10-22-64)65-23-11-4-12-24-65/h1-51H. The summed E-state index contributed by atoms with van der Waals surface area (Å²) in [7, 11) is 0. The molecule has 0 spiro atoms. The molecule has 0 N–H and O–H groups in total. The lowest BCUT2D eigenvalue weighted by atomic mass is 9.99. The average molecular weight is 934 g/mol. The van der Waals surface area contributed by atoms with E-state index in [9.17, 15) is 0 Å². The summed E-state index contributed by atoms with van der Waals surface area (Å²) >= 11 is 0. The second-order valence-electron chi connectivity index (χ2n) is 18.2. The summed E-state index contributed by atoms with van der Waals surface area (Å²) in [4.78, 5) is 6.94. The van der Waals surface area contributed by atoms with E-state index in [1.54, 1.807) is 0 Å². The number of fused-ring (bicyclic) bond motifs is 1. The summed E-state index contributed by atoms with van der Waals surface area (Å²) in [6, 6.07) is 111. The van der Waals surface area contributed by atoms with Gasteiger partial charge in [0.15, 0.2) is 0 Å². The second kappa shape index (κ2) is 20.3. The van der Waals surface area contributed by atoms with Crippen LogP contribution in [0.15, 0.2) is 309 Å². The second-order valence-corrected chi connectivity index (χ2v) is 18.2. The lowest BCUT2D eigenvalue weighted by molar-refractivity contribution is 1.28. The highest BCUT2D eigenvalue weighted by Gasteiger charge is 2.17. The van der Waals surface area contributed by atoms with Crippen LogP contribution in [-0.4, -0.2) is 0 Å². The van der Waals surface area contributed by atoms with Gasteiger partial charge in [0.05, 0.1) is 0 Å². The van der Waals surface area contributed by atoms with Crippen LogP contribution >= 0.6 is 0 Å². The van der Waals surface area contributed by atoms with Gasteiger partial charge in [0.1, 0.15) is 0 Å². The third-order valence-corrected chi connectivity index (χ3v) is 13.7. The molecule has 0 saturated heterocycles. The number of nitrogens with zero attached hydrogens (tertiary/aromatic N) is 3. The van der Waals surface area contributed by atoms with Crippen molar-refractivity contribution in [2.75, 3.05) is 14.7 Å². The third kappa shape index (κ3) is 9.51. The summed E-state index contributed by atoms with van der Waals surface area (Å²) in [5, 5.41) is 2.43. The van der Waals surface area contributed by atoms with Crippen LogP contribution in [0, 0.1) is 0 Å². The fourth-order valence-electron chi connectivity index (χ4n) is 9.89. The zero-order valence-electron chi connectivity index (χ0n) is 40.3. The molecule has 0 aromatic heterocycles. The van der Waals surface area contributed by atoms with Gasteiger partial charge in [0.2, 0.25) is 0 Å². The first-order valence-corrected chi connectivity index (χ1v) is 24.9. The summed E-state index contributed by atoms with van der Waals surface area (Å²) in [6.07, 6.45) is 0. The van der Waals surface area contributed by atoms with E-state index in [0.29, 0.717) is 0 Å². The smallest absolute Gasteiger partial charge is 0.0468 e. The van der Waals surface area contributed by atoms with E-state index < -0.39 is 0 Å². The predicted octanol–water partition coefficient (Wildman–Crippen LogP) is 19.9. The van der Waals surface area contributed by atoms with Crippen LogP contribution < -0.4 is 14.7 Å². The number of rotatable bonds is 13. The molecule has 0 amide bonds. The van der Waals surface area contributed by atoms with Gasteiger partial charge in [-0.15, -0.1) is 0 Å². The summed E-state index contributed by atoms with van der Waals surface area (Å²) in [5.74, 6) is 0. The van der Waals surface area contributed by atoms with Gasteiger partial charge in [0.25, 0.3) is 0 Å². The molecule has 0 aliphatic carbocycles. The number of benzene rings is 12. The Bertz CT molecular complexity index is 3420. The monoisotopic (exact) mass is 933 g/mol. The van der Waals surface area contributed by atoms with Gasteiger partial charge in [-0.2, -0.15) is 0 Å². The fourth-order valence-corrected chi connectivity index (χ4v) is 9.89. The fraction of sp³-hybridized carbons (Fsp3) is 0. The maximum absolute atomic E-state index is 2.35. The van der Waals surface area contributed by atoms with Crippen LogP contribution in [0.5, 0.6) is 0 Å². The van der Waals surface area contributed by atoms with E-state index in [1.165, 1.54) is 55.3 Å². The van der Waals surface area contributed by atoms with Crippen molar-refractivity contribution < 1.29 is 0 Å². The summed E-state index contributed by atoms with van der Waals surface area (Å²) in [6.45, 7) is 0. The van der Waals surface area contributed by atoms with Gasteiger partial charge in [-0.05, 0) is 164 Å². The van der Waals surface area contributed by atoms with E-state index in [2.05, 4.69) is 324 Å². The van der Waals surface area contributed by atoms with Crippen LogP contribution in [0.1, 0.15) is 0 Å². The van der Waals surface area contributed by atoms with Gasteiger partial charge in [-0.1, -0.05) is 200 Å². The zero-order valence-corrected chi connectivity index (χ0v) is 40.3. The van der Waals surface area contributed by atoms with Crippen molar-refractivity contribution >= 4 is 62.0 Å². The molecule has 0 fully saturated rings. The van der Waals surface area contributed by atoms with Gasteiger partial charge in [-0.25, -0.2) is 0 Å². The number of para-hydroxylation sites is 4. The van der Waals surface area contributed by atoms with Crippen molar-refractivity contribution in [3.8, 4) is 44.5 Å². The number of anilines is 9. The predicted molar refractivity (Wildman–Crippen MR) is 310 cm³/mol. The van der Waals surface area contributed by atoms with Gasteiger partial charge < -0.3 is 14.7 Å². The van der Waals surface area contributed by atoms with Crippen LogP contribution in [0.3, 0.4) is 0 Å². The molecule has 0 heterocycles. The molecule has 12 rings (SSSR count). The van der Waals surface area contributed by atoms with Crippen molar-refractivity contribution in [2.24, 2.45) is 0 Å². The highest BCUT2D eigenvalue weighted by atomic mass is 15.2. The molecular formula is C70H51N3. The molecule has 0 aliphatic rings. The molecule has 0 bridgehead atoms. The lowest BCUT2D eigenvalue weighted by Crippen LogP contribution is -2.09. The van der Waals surface area contributed by atoms with Crippen molar-refractivity contribution in [1.82, 2.24) is 0 Å². The van der Waals surface area contributed by atoms with Crippen LogP contribution in [-0.2, 0) is 0 Å². The quantitative estimate of drug-likeness (QED) is 0.114. The van der Waals surface area contributed by atoms with Crippen LogP contribution in [0.25, 0.3) is 55.3 Å².